The maximum Gasteiger partial charge on any atom is 0.178 e. The van der Waals surface area contributed by atoms with E-state index in [0.29, 0.717) is 34.6 Å². The fourth-order valence-electron chi connectivity index (χ4n) is 1.88. The first-order valence-corrected chi connectivity index (χ1v) is 7.45. The maximum absolute atomic E-state index is 6.06. The molecular formula is C13H17Cl2N3OS. The molecule has 0 fully saturated rings. The number of nitrogens with one attached hydrogen (secondary N) is 1. The normalized spacial score (nSPS) is 11.7. The van der Waals surface area contributed by atoms with Crippen LogP contribution in [0.25, 0.3) is 11.0 Å². The van der Waals surface area contributed by atoms with Gasteiger partial charge in [0.15, 0.2) is 4.77 Å². The van der Waals surface area contributed by atoms with E-state index in [1.54, 1.807) is 6.07 Å². The van der Waals surface area contributed by atoms with E-state index in [4.69, 9.17) is 40.2 Å². The summed E-state index contributed by atoms with van der Waals surface area (Å²) in [5, 5.41) is 1.04. The fraction of sp³-hybridized carbons (Fsp3) is 0.462. The van der Waals surface area contributed by atoms with Crippen molar-refractivity contribution in [1.29, 1.82) is 0 Å². The highest BCUT2D eigenvalue weighted by Crippen LogP contribution is 2.27. The molecule has 0 saturated heterocycles. The molecule has 0 radical (unpaired) electrons. The lowest BCUT2D eigenvalue weighted by Crippen LogP contribution is -2.19. The highest BCUT2D eigenvalue weighted by atomic mass is 35.5. The maximum atomic E-state index is 6.06. The van der Waals surface area contributed by atoms with E-state index in [-0.39, 0.29) is 0 Å². The second-order valence-electron chi connectivity index (χ2n) is 4.78. The molecule has 0 amide bonds. The zero-order chi connectivity index (χ0) is 14.7. The number of nitrogens with zero attached hydrogens (tertiary/aromatic N) is 2. The summed E-state index contributed by atoms with van der Waals surface area (Å²) in [5.74, 6) is 0. The first-order valence-electron chi connectivity index (χ1n) is 6.29. The first-order chi connectivity index (χ1) is 9.49. The van der Waals surface area contributed by atoms with E-state index in [0.717, 1.165) is 17.6 Å². The van der Waals surface area contributed by atoms with Crippen molar-refractivity contribution in [3.8, 4) is 0 Å². The van der Waals surface area contributed by atoms with Gasteiger partial charge >= 0.3 is 0 Å². The minimum atomic E-state index is 0.518. The van der Waals surface area contributed by atoms with Crippen LogP contribution in [0.3, 0.4) is 0 Å². The van der Waals surface area contributed by atoms with Crippen molar-refractivity contribution in [2.75, 3.05) is 33.9 Å². The largest absolute Gasteiger partial charge is 0.378 e. The molecule has 110 valence electrons. The van der Waals surface area contributed by atoms with Crippen LogP contribution in [0.1, 0.15) is 0 Å². The average Bonchev–Trinajstić information content (AvgIpc) is 2.65. The van der Waals surface area contributed by atoms with E-state index in [1.807, 2.05) is 24.7 Å². The third kappa shape index (κ3) is 3.74. The zero-order valence-electron chi connectivity index (χ0n) is 11.4. The molecule has 0 unspecified atom stereocenters. The van der Waals surface area contributed by atoms with E-state index >= 15 is 0 Å². The number of H-pyrrole nitrogens is 1. The van der Waals surface area contributed by atoms with E-state index in [2.05, 4.69) is 9.88 Å². The Morgan fingerprint density at radius 2 is 1.95 bits per heavy atom. The Balaban J connectivity index is 2.08. The molecular weight excluding hydrogens is 317 g/mol. The molecule has 1 heterocycles. The van der Waals surface area contributed by atoms with Crippen molar-refractivity contribution in [3.63, 3.8) is 0 Å². The van der Waals surface area contributed by atoms with Gasteiger partial charge in [0.25, 0.3) is 0 Å². The number of fused-ring (bicyclic) bond motifs is 1. The molecule has 7 heteroatoms. The summed E-state index contributed by atoms with van der Waals surface area (Å²) < 4.78 is 8.22. The number of aromatic nitrogens is 2. The summed E-state index contributed by atoms with van der Waals surface area (Å²) in [4.78, 5) is 5.21. The number of hydrogen-bond donors (Lipinski definition) is 1. The van der Waals surface area contributed by atoms with Crippen LogP contribution in [0.5, 0.6) is 0 Å². The van der Waals surface area contributed by atoms with E-state index in [1.165, 1.54) is 0 Å². The first kappa shape index (κ1) is 15.8. The lowest BCUT2D eigenvalue weighted by Gasteiger charge is -2.10. The van der Waals surface area contributed by atoms with E-state index in [9.17, 15) is 0 Å². The smallest absolute Gasteiger partial charge is 0.178 e. The van der Waals surface area contributed by atoms with Crippen molar-refractivity contribution in [2.24, 2.45) is 0 Å². The Kier molecular flexibility index (Phi) is 5.46. The molecule has 0 aliphatic rings. The third-order valence-corrected chi connectivity index (χ3v) is 4.00. The standard InChI is InChI=1S/C13H17Cl2N3OS/c1-17(2)3-5-19-6-4-18-12-8-10(15)9(14)7-11(12)16-13(18)20/h7-8H,3-6H2,1-2H3,(H,16,20). The van der Waals surface area contributed by atoms with Crippen LogP contribution >= 0.6 is 35.4 Å². The molecule has 4 nitrogen and oxygen atoms in total. The van der Waals surface area contributed by atoms with E-state index < -0.39 is 0 Å². The topological polar surface area (TPSA) is 33.2 Å². The molecule has 0 aliphatic heterocycles. The van der Waals surface area contributed by atoms with Gasteiger partial charge in [-0.05, 0) is 38.4 Å². The van der Waals surface area contributed by atoms with Gasteiger partial charge in [-0.2, -0.15) is 0 Å². The summed E-state index contributed by atoms with van der Waals surface area (Å²) in [6.45, 7) is 2.90. The third-order valence-electron chi connectivity index (χ3n) is 2.96. The number of ether oxygens (including phenoxy) is 1. The lowest BCUT2D eigenvalue weighted by atomic mass is 10.3. The van der Waals surface area contributed by atoms with Crippen LogP contribution in [-0.4, -0.2) is 48.3 Å². The van der Waals surface area contributed by atoms with Crippen LogP contribution in [0.15, 0.2) is 12.1 Å². The molecule has 0 atom stereocenters. The predicted octanol–water partition coefficient (Wildman–Crippen LogP) is 3.58. The highest BCUT2D eigenvalue weighted by molar-refractivity contribution is 7.71. The van der Waals surface area contributed by atoms with Gasteiger partial charge in [-0.1, -0.05) is 23.2 Å². The molecule has 1 aromatic heterocycles. The Labute approximate surface area is 133 Å². The van der Waals surface area contributed by atoms with Gasteiger partial charge in [-0.25, -0.2) is 0 Å². The molecule has 2 aromatic rings. The second-order valence-corrected chi connectivity index (χ2v) is 5.98. The molecule has 0 bridgehead atoms. The molecule has 0 spiro atoms. The fourth-order valence-corrected chi connectivity index (χ4v) is 2.50. The average molecular weight is 334 g/mol. The Bertz CT molecular complexity index is 651. The Morgan fingerprint density at radius 1 is 1.25 bits per heavy atom. The SMILES string of the molecule is CN(C)CCOCCn1c(=S)[nH]c2cc(Cl)c(Cl)cc21. The van der Waals surface area contributed by atoms with Crippen molar-refractivity contribution >= 4 is 46.5 Å². The summed E-state index contributed by atoms with van der Waals surface area (Å²) in [7, 11) is 4.04. The summed E-state index contributed by atoms with van der Waals surface area (Å²) in [6, 6.07) is 3.61. The van der Waals surface area contributed by atoms with Gasteiger partial charge in [0.2, 0.25) is 0 Å². The van der Waals surface area contributed by atoms with Crippen molar-refractivity contribution in [2.45, 2.75) is 6.54 Å². The minimum absolute atomic E-state index is 0.518. The van der Waals surface area contributed by atoms with Crippen molar-refractivity contribution < 1.29 is 4.74 Å². The Morgan fingerprint density at radius 3 is 2.65 bits per heavy atom. The van der Waals surface area contributed by atoms with Crippen LogP contribution in [0.4, 0.5) is 0 Å². The highest BCUT2D eigenvalue weighted by Gasteiger charge is 2.08. The monoisotopic (exact) mass is 333 g/mol. The number of benzene rings is 1. The minimum Gasteiger partial charge on any atom is -0.378 e. The van der Waals surface area contributed by atoms with Gasteiger partial charge in [-0.3, -0.25) is 0 Å². The molecule has 20 heavy (non-hydrogen) atoms. The molecule has 0 aliphatic carbocycles. The molecule has 0 saturated carbocycles. The van der Waals surface area contributed by atoms with Crippen LogP contribution < -0.4 is 0 Å². The second kappa shape index (κ2) is 6.91. The van der Waals surface area contributed by atoms with Crippen molar-refractivity contribution in [1.82, 2.24) is 14.5 Å². The zero-order valence-corrected chi connectivity index (χ0v) is 13.8. The van der Waals surface area contributed by atoms with Crippen LogP contribution in [-0.2, 0) is 11.3 Å². The molecule has 1 N–H and O–H groups in total. The summed E-state index contributed by atoms with van der Waals surface area (Å²) >= 11 is 17.4. The van der Waals surface area contributed by atoms with Gasteiger partial charge < -0.3 is 19.2 Å². The van der Waals surface area contributed by atoms with Gasteiger partial charge in [0.05, 0.1) is 34.3 Å². The number of rotatable bonds is 6. The van der Waals surface area contributed by atoms with Gasteiger partial charge in [0.1, 0.15) is 0 Å². The summed E-state index contributed by atoms with van der Waals surface area (Å²) in [6.07, 6.45) is 0. The van der Waals surface area contributed by atoms with Crippen molar-refractivity contribution in [3.05, 3.63) is 26.9 Å². The number of likely N-dealkylation sites (N-methyl/N-ethyl adjacent to an activating group) is 1. The van der Waals surface area contributed by atoms with Crippen LogP contribution in [0.2, 0.25) is 10.0 Å². The quantitative estimate of drug-likeness (QED) is 0.647. The number of halogens is 2. The van der Waals surface area contributed by atoms with Gasteiger partial charge in [0, 0.05) is 13.1 Å². The molecule has 1 aromatic carbocycles. The van der Waals surface area contributed by atoms with Crippen LogP contribution in [0, 0.1) is 4.77 Å². The Hall–Kier alpha value is -0.590. The molecule has 2 rings (SSSR count). The number of hydrogen-bond acceptors (Lipinski definition) is 3. The van der Waals surface area contributed by atoms with Gasteiger partial charge in [-0.15, -0.1) is 0 Å². The summed E-state index contributed by atoms with van der Waals surface area (Å²) in [5.41, 5.74) is 1.83. The number of aromatic amines is 1. The number of imidazole rings is 1. The lowest BCUT2D eigenvalue weighted by molar-refractivity contribution is 0.111. The predicted molar refractivity (Wildman–Crippen MR) is 86.5 cm³/mol.